The van der Waals surface area contributed by atoms with Gasteiger partial charge in [0, 0.05) is 50.2 Å². The van der Waals surface area contributed by atoms with Gasteiger partial charge >= 0.3 is 0 Å². The normalized spacial score (nSPS) is 15.0. The number of aromatic nitrogens is 1. The highest BCUT2D eigenvalue weighted by Crippen LogP contribution is 2.26. The lowest BCUT2D eigenvalue weighted by Crippen LogP contribution is -2.45. The molecule has 1 atom stereocenters. The van der Waals surface area contributed by atoms with E-state index in [0.29, 0.717) is 13.1 Å². The summed E-state index contributed by atoms with van der Waals surface area (Å²) >= 11 is 0. The molecule has 1 aliphatic rings. The topological polar surface area (TPSA) is 51.7 Å². The molecule has 1 fully saturated rings. The third-order valence-electron chi connectivity index (χ3n) is 5.54. The van der Waals surface area contributed by atoms with Crippen LogP contribution in [0, 0.1) is 0 Å². The molecule has 1 aliphatic heterocycles. The molecule has 4 rings (SSSR count). The number of likely N-dealkylation sites (tertiary alicyclic amines) is 1. The Kier molecular flexibility index (Phi) is 9.11. The highest BCUT2D eigenvalue weighted by atomic mass is 35.5. The maximum absolute atomic E-state index is 12.2. The van der Waals surface area contributed by atoms with Gasteiger partial charge in [-0.15, -0.1) is 24.8 Å². The number of amides is 1. The molecule has 0 aliphatic carbocycles. The number of methoxy groups -OCH3 is 1. The van der Waals surface area contributed by atoms with Crippen LogP contribution in [-0.4, -0.2) is 48.2 Å². The van der Waals surface area contributed by atoms with Gasteiger partial charge in [-0.1, -0.05) is 30.3 Å². The van der Waals surface area contributed by atoms with E-state index in [-0.39, 0.29) is 42.9 Å². The molecule has 2 heterocycles. The van der Waals surface area contributed by atoms with Crippen molar-refractivity contribution >= 4 is 41.6 Å². The molecule has 31 heavy (non-hydrogen) atoms. The number of ether oxygens (including phenoxy) is 2. The summed E-state index contributed by atoms with van der Waals surface area (Å²) in [5.74, 6) is 0.914. The summed E-state index contributed by atoms with van der Waals surface area (Å²) in [6.07, 6.45) is 3.32. The third-order valence-corrected chi connectivity index (χ3v) is 5.54. The quantitative estimate of drug-likeness (QED) is 0.525. The van der Waals surface area contributed by atoms with Gasteiger partial charge in [-0.2, -0.15) is 0 Å². The standard InChI is InChI=1S/C24H26N2O3.2ClH/c1-17(28-2)24(27)26-13-11-22(12-14-26)29-21-9-7-18(8-10-21)20-15-19-5-3-4-6-23(19)25-16-20;;/h3-10,15-17,22H,11-14H2,1-2H3;2*1H/t17-;;/m1../s1. The number of pyridine rings is 1. The molecule has 0 bridgehead atoms. The number of carbonyl (C=O) groups excluding carboxylic acids is 1. The molecule has 1 aromatic heterocycles. The summed E-state index contributed by atoms with van der Waals surface area (Å²) in [6.45, 7) is 3.20. The number of rotatable bonds is 5. The van der Waals surface area contributed by atoms with Crippen molar-refractivity contribution in [2.45, 2.75) is 32.0 Å². The molecule has 0 unspecified atom stereocenters. The van der Waals surface area contributed by atoms with Crippen molar-refractivity contribution in [2.24, 2.45) is 0 Å². The number of hydrogen-bond donors (Lipinski definition) is 0. The molecule has 166 valence electrons. The Morgan fingerprint density at radius 1 is 1.03 bits per heavy atom. The van der Waals surface area contributed by atoms with Gasteiger partial charge in [-0.05, 0) is 36.8 Å². The van der Waals surface area contributed by atoms with Crippen molar-refractivity contribution in [3.05, 3.63) is 60.8 Å². The fraction of sp³-hybridized carbons (Fsp3) is 0.333. The van der Waals surface area contributed by atoms with Gasteiger partial charge in [0.15, 0.2) is 0 Å². The second-order valence-electron chi connectivity index (χ2n) is 7.46. The number of benzene rings is 2. The fourth-order valence-corrected chi connectivity index (χ4v) is 3.70. The largest absolute Gasteiger partial charge is 0.490 e. The van der Waals surface area contributed by atoms with E-state index < -0.39 is 0 Å². The molecular formula is C24H28Cl2N2O3. The molecule has 2 aromatic carbocycles. The van der Waals surface area contributed by atoms with E-state index in [4.69, 9.17) is 9.47 Å². The molecule has 0 saturated carbocycles. The van der Waals surface area contributed by atoms with Crippen molar-refractivity contribution in [3.8, 4) is 16.9 Å². The summed E-state index contributed by atoms with van der Waals surface area (Å²) in [5.41, 5.74) is 3.21. The smallest absolute Gasteiger partial charge is 0.251 e. The summed E-state index contributed by atoms with van der Waals surface area (Å²) in [5, 5.41) is 1.13. The van der Waals surface area contributed by atoms with Gasteiger partial charge in [0.1, 0.15) is 18.0 Å². The lowest BCUT2D eigenvalue weighted by molar-refractivity contribution is -0.142. The maximum Gasteiger partial charge on any atom is 0.251 e. The Morgan fingerprint density at radius 3 is 2.39 bits per heavy atom. The first-order valence-corrected chi connectivity index (χ1v) is 10.1. The van der Waals surface area contributed by atoms with Crippen molar-refractivity contribution in [2.75, 3.05) is 20.2 Å². The van der Waals surface area contributed by atoms with Crippen molar-refractivity contribution in [3.63, 3.8) is 0 Å². The minimum atomic E-state index is -0.385. The molecule has 1 amide bonds. The number of halogens is 2. The van der Waals surface area contributed by atoms with Crippen LogP contribution in [0.2, 0.25) is 0 Å². The van der Waals surface area contributed by atoms with E-state index in [1.54, 1.807) is 14.0 Å². The van der Waals surface area contributed by atoms with Crippen LogP contribution in [0.3, 0.4) is 0 Å². The van der Waals surface area contributed by atoms with Crippen molar-refractivity contribution in [1.29, 1.82) is 0 Å². The predicted molar refractivity (Wildman–Crippen MR) is 128 cm³/mol. The first-order valence-electron chi connectivity index (χ1n) is 10.1. The minimum Gasteiger partial charge on any atom is -0.490 e. The molecule has 7 heteroatoms. The summed E-state index contributed by atoms with van der Waals surface area (Å²) in [4.78, 5) is 18.6. The number of para-hydroxylation sites is 1. The van der Waals surface area contributed by atoms with Crippen LogP contribution in [-0.2, 0) is 9.53 Å². The summed E-state index contributed by atoms with van der Waals surface area (Å²) in [7, 11) is 1.57. The Morgan fingerprint density at radius 2 is 1.71 bits per heavy atom. The van der Waals surface area contributed by atoms with Crippen LogP contribution in [0.1, 0.15) is 19.8 Å². The van der Waals surface area contributed by atoms with E-state index in [1.165, 1.54) is 0 Å². The Balaban J connectivity index is 0.00000171. The fourth-order valence-electron chi connectivity index (χ4n) is 3.70. The van der Waals surface area contributed by atoms with Gasteiger partial charge in [0.25, 0.3) is 5.91 Å². The van der Waals surface area contributed by atoms with Crippen LogP contribution in [0.15, 0.2) is 60.8 Å². The number of piperidine rings is 1. The van der Waals surface area contributed by atoms with Crippen LogP contribution >= 0.6 is 24.8 Å². The predicted octanol–water partition coefficient (Wildman–Crippen LogP) is 5.15. The molecule has 0 spiro atoms. The SMILES string of the molecule is CO[C@H](C)C(=O)N1CCC(Oc2ccc(-c3cnc4ccccc4c3)cc2)CC1.Cl.Cl. The number of fused-ring (bicyclic) bond motifs is 1. The monoisotopic (exact) mass is 462 g/mol. The molecule has 3 aromatic rings. The molecule has 0 radical (unpaired) electrons. The molecular weight excluding hydrogens is 435 g/mol. The summed E-state index contributed by atoms with van der Waals surface area (Å²) < 4.78 is 11.3. The second kappa shape index (κ2) is 11.3. The Hall–Kier alpha value is -2.34. The lowest BCUT2D eigenvalue weighted by atomic mass is 10.0. The van der Waals surface area contributed by atoms with Crippen LogP contribution in [0.4, 0.5) is 0 Å². The summed E-state index contributed by atoms with van der Waals surface area (Å²) in [6, 6.07) is 18.4. The zero-order chi connectivity index (χ0) is 20.2. The molecule has 5 nitrogen and oxygen atoms in total. The Labute approximate surface area is 195 Å². The van der Waals surface area contributed by atoms with Crippen molar-refractivity contribution in [1.82, 2.24) is 9.88 Å². The first-order chi connectivity index (χ1) is 14.1. The van der Waals surface area contributed by atoms with E-state index in [9.17, 15) is 4.79 Å². The zero-order valence-electron chi connectivity index (χ0n) is 17.7. The van der Waals surface area contributed by atoms with Gasteiger partial charge in [0.05, 0.1) is 5.52 Å². The average molecular weight is 463 g/mol. The van der Waals surface area contributed by atoms with Gasteiger partial charge in [0.2, 0.25) is 0 Å². The van der Waals surface area contributed by atoms with Gasteiger partial charge in [-0.3, -0.25) is 9.78 Å². The van der Waals surface area contributed by atoms with Gasteiger partial charge < -0.3 is 14.4 Å². The maximum atomic E-state index is 12.2. The molecule has 0 N–H and O–H groups in total. The molecule has 1 saturated heterocycles. The number of nitrogens with zero attached hydrogens (tertiary/aromatic N) is 2. The van der Waals surface area contributed by atoms with Crippen LogP contribution in [0.25, 0.3) is 22.0 Å². The highest BCUT2D eigenvalue weighted by molar-refractivity contribution is 5.86. The van der Waals surface area contributed by atoms with E-state index in [2.05, 4.69) is 29.2 Å². The zero-order valence-corrected chi connectivity index (χ0v) is 19.3. The first kappa shape index (κ1) is 24.9. The van der Waals surface area contributed by atoms with Crippen molar-refractivity contribution < 1.29 is 14.3 Å². The van der Waals surface area contributed by atoms with E-state index in [0.717, 1.165) is 40.6 Å². The minimum absolute atomic E-state index is 0. The van der Waals surface area contributed by atoms with E-state index in [1.807, 2.05) is 41.4 Å². The number of carbonyl (C=O) groups is 1. The van der Waals surface area contributed by atoms with Crippen LogP contribution in [0.5, 0.6) is 5.75 Å². The Bertz CT molecular complexity index is 990. The highest BCUT2D eigenvalue weighted by Gasteiger charge is 2.26. The second-order valence-corrected chi connectivity index (χ2v) is 7.46. The number of hydrogen-bond acceptors (Lipinski definition) is 4. The third kappa shape index (κ3) is 5.88. The van der Waals surface area contributed by atoms with E-state index >= 15 is 0 Å². The average Bonchev–Trinajstić information content (AvgIpc) is 2.79. The van der Waals surface area contributed by atoms with Gasteiger partial charge in [-0.25, -0.2) is 0 Å². The van der Waals surface area contributed by atoms with Crippen LogP contribution < -0.4 is 4.74 Å². The lowest BCUT2D eigenvalue weighted by Gasteiger charge is -2.33.